The number of methoxy groups -OCH3 is 2. The van der Waals surface area contributed by atoms with Crippen molar-refractivity contribution >= 4 is 28.9 Å². The van der Waals surface area contributed by atoms with Crippen molar-refractivity contribution in [2.24, 2.45) is 0 Å². The molecule has 0 bridgehead atoms. The number of nitrogens with zero attached hydrogens (tertiary/aromatic N) is 2. The maximum absolute atomic E-state index is 13.0. The second kappa shape index (κ2) is 9.52. The second-order valence-electron chi connectivity index (χ2n) is 6.80. The number of hydrogen-bond donors (Lipinski definition) is 1. The molecule has 0 fully saturated rings. The standard InChI is InChI=1S/C23H21N3O5S/c1-29-19-6-5-16(12-20(19)30-2)18-13-17(21-4-3-11-32-21)25-26(18)22(27)14-31-23(28)15-7-9-24-10-8-15/h3-13,18,25H,14H2,1-2H3/t18-/m1/s1. The Bertz CT molecular complexity index is 1130. The summed E-state index contributed by atoms with van der Waals surface area (Å²) < 4.78 is 16.0. The SMILES string of the molecule is COc1ccc([C@H]2C=C(c3cccs3)NN2C(=O)COC(=O)c2ccncc2)cc1OC. The number of hydrazine groups is 1. The van der Waals surface area contributed by atoms with Gasteiger partial charge in [-0.1, -0.05) is 12.1 Å². The second-order valence-corrected chi connectivity index (χ2v) is 7.75. The number of esters is 1. The molecule has 1 N–H and O–H groups in total. The summed E-state index contributed by atoms with van der Waals surface area (Å²) in [5.41, 5.74) is 5.10. The number of ether oxygens (including phenoxy) is 3. The molecule has 1 aliphatic rings. The van der Waals surface area contributed by atoms with Gasteiger partial charge in [0, 0.05) is 12.4 Å². The van der Waals surface area contributed by atoms with Gasteiger partial charge < -0.3 is 14.2 Å². The van der Waals surface area contributed by atoms with Gasteiger partial charge in [-0.25, -0.2) is 9.80 Å². The first-order valence-corrected chi connectivity index (χ1v) is 10.6. The maximum atomic E-state index is 13.0. The highest BCUT2D eigenvalue weighted by Crippen LogP contribution is 2.36. The minimum absolute atomic E-state index is 0.330. The van der Waals surface area contributed by atoms with Crippen LogP contribution in [0, 0.1) is 0 Å². The van der Waals surface area contributed by atoms with Crippen molar-refractivity contribution in [3.05, 3.63) is 82.3 Å². The van der Waals surface area contributed by atoms with Gasteiger partial charge in [0.2, 0.25) is 0 Å². The third kappa shape index (κ3) is 4.42. The van der Waals surface area contributed by atoms with Crippen LogP contribution in [0.15, 0.2) is 66.3 Å². The van der Waals surface area contributed by atoms with Crippen molar-refractivity contribution in [3.8, 4) is 11.5 Å². The van der Waals surface area contributed by atoms with E-state index in [0.717, 1.165) is 16.1 Å². The van der Waals surface area contributed by atoms with Crippen LogP contribution in [-0.4, -0.2) is 42.7 Å². The predicted molar refractivity (Wildman–Crippen MR) is 119 cm³/mol. The van der Waals surface area contributed by atoms with Gasteiger partial charge in [0.25, 0.3) is 5.91 Å². The normalized spacial score (nSPS) is 15.0. The first-order valence-electron chi connectivity index (χ1n) is 9.74. The van der Waals surface area contributed by atoms with Crippen LogP contribution >= 0.6 is 11.3 Å². The van der Waals surface area contributed by atoms with Crippen LogP contribution in [0.4, 0.5) is 0 Å². The highest BCUT2D eigenvalue weighted by atomic mass is 32.1. The van der Waals surface area contributed by atoms with E-state index in [-0.39, 0.29) is 0 Å². The van der Waals surface area contributed by atoms with Crippen LogP contribution < -0.4 is 14.9 Å². The van der Waals surface area contributed by atoms with E-state index in [1.807, 2.05) is 35.7 Å². The van der Waals surface area contributed by atoms with Gasteiger partial charge in [-0.2, -0.15) is 0 Å². The molecule has 0 saturated heterocycles. The van der Waals surface area contributed by atoms with E-state index in [0.29, 0.717) is 17.1 Å². The molecule has 0 spiro atoms. The number of aromatic nitrogens is 1. The Labute approximate surface area is 189 Å². The van der Waals surface area contributed by atoms with Crippen molar-refractivity contribution < 1.29 is 23.8 Å². The van der Waals surface area contributed by atoms with Gasteiger partial charge in [-0.05, 0) is 47.4 Å². The van der Waals surface area contributed by atoms with Gasteiger partial charge in [0.05, 0.1) is 36.4 Å². The molecule has 0 radical (unpaired) electrons. The molecule has 0 aliphatic carbocycles. The minimum atomic E-state index is -0.589. The van der Waals surface area contributed by atoms with Gasteiger partial charge in [0.15, 0.2) is 18.1 Å². The van der Waals surface area contributed by atoms with Crippen LogP contribution in [0.5, 0.6) is 11.5 Å². The summed E-state index contributed by atoms with van der Waals surface area (Å²) >= 11 is 1.56. The molecule has 164 valence electrons. The molecule has 3 aromatic rings. The molecule has 2 aromatic heterocycles. The van der Waals surface area contributed by atoms with Crippen molar-refractivity contribution in [2.75, 3.05) is 20.8 Å². The molecule has 1 aliphatic heterocycles. The molecule has 0 saturated carbocycles. The summed E-state index contributed by atoms with van der Waals surface area (Å²) in [6.45, 7) is -0.413. The number of benzene rings is 1. The molecule has 0 unspecified atom stereocenters. The number of hydrogen-bond acceptors (Lipinski definition) is 8. The third-order valence-corrected chi connectivity index (χ3v) is 5.79. The summed E-state index contributed by atoms with van der Waals surface area (Å²) in [4.78, 5) is 30.1. The maximum Gasteiger partial charge on any atom is 0.338 e. The van der Waals surface area contributed by atoms with Crippen molar-refractivity contribution in [1.82, 2.24) is 15.4 Å². The number of amides is 1. The Morgan fingerprint density at radius 3 is 2.56 bits per heavy atom. The highest BCUT2D eigenvalue weighted by molar-refractivity contribution is 7.11. The number of pyridine rings is 1. The van der Waals surface area contributed by atoms with E-state index in [2.05, 4.69) is 10.4 Å². The number of thiophene rings is 1. The average molecular weight is 452 g/mol. The average Bonchev–Trinajstić information content (AvgIpc) is 3.52. The summed E-state index contributed by atoms with van der Waals surface area (Å²) in [6.07, 6.45) is 4.94. The Morgan fingerprint density at radius 1 is 1.09 bits per heavy atom. The van der Waals surface area contributed by atoms with Crippen LogP contribution in [0.3, 0.4) is 0 Å². The lowest BCUT2D eigenvalue weighted by atomic mass is 10.0. The first kappa shape index (κ1) is 21.4. The molecular formula is C23H21N3O5S. The molecule has 32 heavy (non-hydrogen) atoms. The van der Waals surface area contributed by atoms with E-state index in [1.165, 1.54) is 29.5 Å². The molecule has 1 aromatic carbocycles. The summed E-state index contributed by atoms with van der Waals surface area (Å²) in [7, 11) is 3.12. The largest absolute Gasteiger partial charge is 0.493 e. The lowest BCUT2D eigenvalue weighted by Crippen LogP contribution is -2.42. The van der Waals surface area contributed by atoms with Gasteiger partial charge in [-0.15, -0.1) is 11.3 Å². The summed E-state index contributed by atoms with van der Waals surface area (Å²) in [6, 6.07) is 12.0. The fraction of sp³-hybridized carbons (Fsp3) is 0.174. The van der Waals surface area contributed by atoms with E-state index >= 15 is 0 Å². The van der Waals surface area contributed by atoms with Crippen molar-refractivity contribution in [2.45, 2.75) is 6.04 Å². The zero-order chi connectivity index (χ0) is 22.5. The van der Waals surface area contributed by atoms with Gasteiger partial charge in [-0.3, -0.25) is 15.2 Å². The highest BCUT2D eigenvalue weighted by Gasteiger charge is 2.32. The number of nitrogens with one attached hydrogen (secondary N) is 1. The topological polar surface area (TPSA) is 90.0 Å². The molecule has 1 atom stereocenters. The smallest absolute Gasteiger partial charge is 0.338 e. The molecular weight excluding hydrogens is 430 g/mol. The quantitative estimate of drug-likeness (QED) is 0.550. The molecule has 3 heterocycles. The molecule has 9 heteroatoms. The van der Waals surface area contributed by atoms with Crippen molar-refractivity contribution in [3.63, 3.8) is 0 Å². The fourth-order valence-corrected chi connectivity index (χ4v) is 4.01. The predicted octanol–water partition coefficient (Wildman–Crippen LogP) is 3.45. The zero-order valence-electron chi connectivity index (χ0n) is 17.5. The Hall–Kier alpha value is -3.85. The minimum Gasteiger partial charge on any atom is -0.493 e. The number of carbonyl (C=O) groups is 2. The molecule has 8 nitrogen and oxygen atoms in total. The zero-order valence-corrected chi connectivity index (χ0v) is 18.3. The van der Waals surface area contributed by atoms with Gasteiger partial charge in [0.1, 0.15) is 0 Å². The fourth-order valence-electron chi connectivity index (χ4n) is 3.31. The summed E-state index contributed by atoms with van der Waals surface area (Å²) in [5, 5.41) is 3.42. The Morgan fingerprint density at radius 2 is 1.88 bits per heavy atom. The van der Waals surface area contributed by atoms with Crippen LogP contribution in [0.25, 0.3) is 5.70 Å². The summed E-state index contributed by atoms with van der Waals surface area (Å²) in [5.74, 6) is 0.164. The lowest BCUT2D eigenvalue weighted by Gasteiger charge is -2.25. The number of rotatable bonds is 7. The monoisotopic (exact) mass is 451 g/mol. The Kier molecular flexibility index (Phi) is 6.37. The Balaban J connectivity index is 1.57. The van der Waals surface area contributed by atoms with Crippen LogP contribution in [0.2, 0.25) is 0 Å². The van der Waals surface area contributed by atoms with Crippen LogP contribution in [0.1, 0.15) is 26.8 Å². The number of carbonyl (C=O) groups excluding carboxylic acids is 2. The lowest BCUT2D eigenvalue weighted by molar-refractivity contribution is -0.137. The molecule has 4 rings (SSSR count). The van der Waals surface area contributed by atoms with E-state index < -0.39 is 24.5 Å². The van der Waals surface area contributed by atoms with Crippen LogP contribution in [-0.2, 0) is 9.53 Å². The van der Waals surface area contributed by atoms with Crippen molar-refractivity contribution in [1.29, 1.82) is 0 Å². The molecule has 1 amide bonds. The van der Waals surface area contributed by atoms with E-state index in [1.54, 1.807) is 31.6 Å². The first-order chi connectivity index (χ1) is 15.6. The third-order valence-electron chi connectivity index (χ3n) is 4.89. The van der Waals surface area contributed by atoms with E-state index in [4.69, 9.17) is 14.2 Å². The van der Waals surface area contributed by atoms with E-state index in [9.17, 15) is 9.59 Å². The van der Waals surface area contributed by atoms with Gasteiger partial charge >= 0.3 is 5.97 Å².